The number of hydrogen-bond acceptors (Lipinski definition) is 2. The van der Waals surface area contributed by atoms with Crippen molar-refractivity contribution in [2.24, 2.45) is 4.99 Å². The van der Waals surface area contributed by atoms with E-state index in [1.165, 1.54) is 5.56 Å². The number of hydrogen-bond donors (Lipinski definition) is 1. The van der Waals surface area contributed by atoms with Crippen molar-refractivity contribution in [1.82, 2.24) is 15.2 Å². The minimum absolute atomic E-state index is 0.669. The number of benzene rings is 1. The van der Waals surface area contributed by atoms with Gasteiger partial charge in [0, 0.05) is 19.8 Å². The maximum absolute atomic E-state index is 4.63. The molecule has 0 spiro atoms. The fourth-order valence-electron chi connectivity index (χ4n) is 1.97. The Kier molecular flexibility index (Phi) is 5.32. The van der Waals surface area contributed by atoms with Crippen LogP contribution < -0.4 is 5.32 Å². The monoisotopic (exact) mass is 282 g/mol. The summed E-state index contributed by atoms with van der Waals surface area (Å²) >= 11 is 0. The molecule has 0 aliphatic carbocycles. The van der Waals surface area contributed by atoms with Gasteiger partial charge in [-0.3, -0.25) is 4.98 Å². The van der Waals surface area contributed by atoms with Crippen LogP contribution in [0.15, 0.2) is 53.5 Å². The van der Waals surface area contributed by atoms with E-state index in [1.807, 2.05) is 62.3 Å². The average molecular weight is 282 g/mol. The van der Waals surface area contributed by atoms with Crippen molar-refractivity contribution in [3.63, 3.8) is 0 Å². The van der Waals surface area contributed by atoms with Crippen molar-refractivity contribution in [3.8, 4) is 0 Å². The van der Waals surface area contributed by atoms with Gasteiger partial charge in [0.15, 0.2) is 5.96 Å². The van der Waals surface area contributed by atoms with Crippen LogP contribution in [0, 0.1) is 6.92 Å². The normalized spacial score (nSPS) is 11.3. The fraction of sp³-hybridized carbons (Fsp3) is 0.294. The van der Waals surface area contributed by atoms with Crippen LogP contribution in [0.3, 0.4) is 0 Å². The van der Waals surface area contributed by atoms with Gasteiger partial charge in [0.1, 0.15) is 0 Å². The Balaban J connectivity index is 1.99. The van der Waals surface area contributed by atoms with Crippen LogP contribution in [-0.2, 0) is 13.1 Å². The summed E-state index contributed by atoms with van der Waals surface area (Å²) in [6, 6.07) is 16.3. The number of pyridine rings is 1. The third-order valence-electron chi connectivity index (χ3n) is 3.05. The largest absolute Gasteiger partial charge is 0.351 e. The summed E-state index contributed by atoms with van der Waals surface area (Å²) in [5.41, 5.74) is 3.25. The van der Waals surface area contributed by atoms with Crippen LogP contribution in [0.25, 0.3) is 0 Å². The number of aliphatic imine (C=N–C) groups is 1. The molecule has 110 valence electrons. The molecule has 4 nitrogen and oxygen atoms in total. The molecular weight excluding hydrogens is 260 g/mol. The zero-order valence-corrected chi connectivity index (χ0v) is 12.9. The lowest BCUT2D eigenvalue weighted by molar-refractivity contribution is 0.577. The highest BCUT2D eigenvalue weighted by Crippen LogP contribution is 2.01. The molecule has 0 aliphatic heterocycles. The lowest BCUT2D eigenvalue weighted by atomic mass is 10.2. The lowest BCUT2D eigenvalue weighted by Crippen LogP contribution is -2.36. The third kappa shape index (κ3) is 4.91. The maximum atomic E-state index is 4.63. The van der Waals surface area contributed by atoms with E-state index in [0.29, 0.717) is 13.1 Å². The topological polar surface area (TPSA) is 40.5 Å². The molecule has 0 radical (unpaired) electrons. The standard InChI is InChI=1S/C17H22N4/c1-14-8-7-11-16(20-14)13-19-17(21(2)3)18-12-15-9-5-4-6-10-15/h4-11H,12-13H2,1-3H3,(H,18,19). The predicted octanol–water partition coefficient (Wildman–Crippen LogP) is 2.60. The van der Waals surface area contributed by atoms with Crippen molar-refractivity contribution >= 4 is 5.96 Å². The Hall–Kier alpha value is -2.36. The first-order valence-electron chi connectivity index (χ1n) is 7.07. The molecule has 0 saturated carbocycles. The molecule has 2 rings (SSSR count). The van der Waals surface area contributed by atoms with Crippen molar-refractivity contribution in [3.05, 3.63) is 65.5 Å². The first-order valence-corrected chi connectivity index (χ1v) is 7.07. The molecule has 0 atom stereocenters. The van der Waals surface area contributed by atoms with Gasteiger partial charge < -0.3 is 10.2 Å². The minimum Gasteiger partial charge on any atom is -0.351 e. The quantitative estimate of drug-likeness (QED) is 0.692. The van der Waals surface area contributed by atoms with Gasteiger partial charge in [0.25, 0.3) is 0 Å². The Labute approximate surface area is 126 Å². The summed E-state index contributed by atoms with van der Waals surface area (Å²) in [6.45, 7) is 3.34. The summed E-state index contributed by atoms with van der Waals surface area (Å²) < 4.78 is 0. The van der Waals surface area contributed by atoms with E-state index >= 15 is 0 Å². The number of nitrogens with one attached hydrogen (secondary N) is 1. The lowest BCUT2D eigenvalue weighted by Gasteiger charge is -2.17. The van der Waals surface area contributed by atoms with Crippen molar-refractivity contribution in [2.45, 2.75) is 20.0 Å². The van der Waals surface area contributed by atoms with Gasteiger partial charge in [-0.2, -0.15) is 0 Å². The third-order valence-corrected chi connectivity index (χ3v) is 3.05. The highest BCUT2D eigenvalue weighted by Gasteiger charge is 2.02. The Morgan fingerprint density at radius 2 is 1.86 bits per heavy atom. The average Bonchev–Trinajstić information content (AvgIpc) is 2.48. The molecule has 1 aromatic carbocycles. The van der Waals surface area contributed by atoms with Gasteiger partial charge in [-0.15, -0.1) is 0 Å². The van der Waals surface area contributed by atoms with Gasteiger partial charge in [0.05, 0.1) is 18.8 Å². The number of aryl methyl sites for hydroxylation is 1. The van der Waals surface area contributed by atoms with E-state index in [1.54, 1.807) is 0 Å². The molecule has 0 unspecified atom stereocenters. The number of guanidine groups is 1. The summed E-state index contributed by atoms with van der Waals surface area (Å²) in [6.07, 6.45) is 0. The maximum Gasteiger partial charge on any atom is 0.194 e. The SMILES string of the molecule is Cc1cccc(CNC(=NCc2ccccc2)N(C)C)n1. The van der Waals surface area contributed by atoms with E-state index < -0.39 is 0 Å². The summed E-state index contributed by atoms with van der Waals surface area (Å²) in [5, 5.41) is 3.35. The number of aromatic nitrogens is 1. The summed E-state index contributed by atoms with van der Waals surface area (Å²) in [5.74, 6) is 0.863. The first-order chi connectivity index (χ1) is 10.1. The zero-order chi connectivity index (χ0) is 15.1. The molecule has 1 heterocycles. The van der Waals surface area contributed by atoms with E-state index in [0.717, 1.165) is 17.3 Å². The molecule has 0 bridgehead atoms. The molecule has 0 aliphatic rings. The van der Waals surface area contributed by atoms with Gasteiger partial charge >= 0.3 is 0 Å². The van der Waals surface area contributed by atoms with Crippen molar-refractivity contribution < 1.29 is 0 Å². The van der Waals surface area contributed by atoms with Crippen LogP contribution in [0.2, 0.25) is 0 Å². The molecule has 4 heteroatoms. The second-order valence-corrected chi connectivity index (χ2v) is 5.14. The van der Waals surface area contributed by atoms with Crippen LogP contribution in [0.1, 0.15) is 17.0 Å². The summed E-state index contributed by atoms with van der Waals surface area (Å²) in [7, 11) is 3.97. The number of rotatable bonds is 4. The van der Waals surface area contributed by atoms with Crippen molar-refractivity contribution in [2.75, 3.05) is 14.1 Å². The molecule has 1 aromatic heterocycles. The molecule has 0 saturated heterocycles. The summed E-state index contributed by atoms with van der Waals surface area (Å²) in [4.78, 5) is 11.1. The Morgan fingerprint density at radius 1 is 1.10 bits per heavy atom. The number of nitrogens with zero attached hydrogens (tertiary/aromatic N) is 3. The Bertz CT molecular complexity index is 591. The molecular formula is C17H22N4. The van der Waals surface area contributed by atoms with E-state index in [2.05, 4.69) is 27.4 Å². The molecule has 1 N–H and O–H groups in total. The molecule has 0 fully saturated rings. The van der Waals surface area contributed by atoms with Gasteiger partial charge in [-0.05, 0) is 24.6 Å². The Morgan fingerprint density at radius 3 is 2.52 bits per heavy atom. The fourth-order valence-corrected chi connectivity index (χ4v) is 1.97. The van der Waals surface area contributed by atoms with E-state index in [9.17, 15) is 0 Å². The predicted molar refractivity (Wildman–Crippen MR) is 87.1 cm³/mol. The minimum atomic E-state index is 0.669. The highest BCUT2D eigenvalue weighted by atomic mass is 15.3. The van der Waals surface area contributed by atoms with Crippen LogP contribution >= 0.6 is 0 Å². The van der Waals surface area contributed by atoms with Gasteiger partial charge in [-0.1, -0.05) is 36.4 Å². The highest BCUT2D eigenvalue weighted by molar-refractivity contribution is 5.79. The van der Waals surface area contributed by atoms with Crippen LogP contribution in [0.4, 0.5) is 0 Å². The smallest absolute Gasteiger partial charge is 0.194 e. The van der Waals surface area contributed by atoms with Crippen LogP contribution in [0.5, 0.6) is 0 Å². The molecule has 2 aromatic rings. The molecule has 21 heavy (non-hydrogen) atoms. The van der Waals surface area contributed by atoms with E-state index in [4.69, 9.17) is 0 Å². The van der Waals surface area contributed by atoms with E-state index in [-0.39, 0.29) is 0 Å². The van der Waals surface area contributed by atoms with Crippen molar-refractivity contribution in [1.29, 1.82) is 0 Å². The second kappa shape index (κ2) is 7.43. The van der Waals surface area contributed by atoms with Gasteiger partial charge in [0.2, 0.25) is 0 Å². The molecule has 0 amide bonds. The van der Waals surface area contributed by atoms with Gasteiger partial charge in [-0.25, -0.2) is 4.99 Å². The first kappa shape index (κ1) is 15.0. The van der Waals surface area contributed by atoms with Crippen LogP contribution in [-0.4, -0.2) is 29.9 Å². The second-order valence-electron chi connectivity index (χ2n) is 5.14. The zero-order valence-electron chi connectivity index (χ0n) is 12.9.